The minimum absolute atomic E-state index is 0.0264. The number of nitrogens with zero attached hydrogens (tertiary/aromatic N) is 1. The van der Waals surface area contributed by atoms with Crippen molar-refractivity contribution in [1.29, 1.82) is 0 Å². The maximum absolute atomic E-state index is 12.1. The standard InChI is InChI=1S/C19H21Cl2N3O/c20-17-8-5-15(13-18(17)21)22-10-9-19(25)23-14-3-6-16(7-4-14)24-11-1-2-12-24/h3-8,13,22H,1-2,9-12H2,(H,23,25). The van der Waals surface area contributed by atoms with Gasteiger partial charge in [0.2, 0.25) is 5.91 Å². The molecule has 1 aliphatic rings. The van der Waals surface area contributed by atoms with E-state index in [9.17, 15) is 4.79 Å². The third-order valence-electron chi connectivity index (χ3n) is 4.22. The number of hydrogen-bond acceptors (Lipinski definition) is 3. The van der Waals surface area contributed by atoms with Crippen molar-refractivity contribution in [3.8, 4) is 0 Å². The fourth-order valence-electron chi connectivity index (χ4n) is 2.88. The maximum atomic E-state index is 12.1. The van der Waals surface area contributed by atoms with Gasteiger partial charge in [0.15, 0.2) is 0 Å². The molecule has 6 heteroatoms. The van der Waals surface area contributed by atoms with Crippen molar-refractivity contribution in [2.45, 2.75) is 19.3 Å². The Hall–Kier alpha value is -1.91. The zero-order valence-electron chi connectivity index (χ0n) is 13.9. The Labute approximate surface area is 158 Å². The Bertz CT molecular complexity index is 728. The Balaban J connectivity index is 1.44. The number of nitrogens with one attached hydrogen (secondary N) is 2. The summed E-state index contributed by atoms with van der Waals surface area (Å²) in [6, 6.07) is 13.4. The average Bonchev–Trinajstić information content (AvgIpc) is 3.13. The molecule has 1 heterocycles. The highest BCUT2D eigenvalue weighted by Gasteiger charge is 2.12. The summed E-state index contributed by atoms with van der Waals surface area (Å²) in [5, 5.41) is 7.10. The van der Waals surface area contributed by atoms with Crippen LogP contribution < -0.4 is 15.5 Å². The lowest BCUT2D eigenvalue weighted by Gasteiger charge is -2.17. The third kappa shape index (κ3) is 5.03. The van der Waals surface area contributed by atoms with Gasteiger partial charge in [0, 0.05) is 43.1 Å². The summed E-state index contributed by atoms with van der Waals surface area (Å²) in [7, 11) is 0. The maximum Gasteiger partial charge on any atom is 0.226 e. The predicted molar refractivity (Wildman–Crippen MR) is 106 cm³/mol. The second kappa shape index (κ2) is 8.45. The van der Waals surface area contributed by atoms with Crippen molar-refractivity contribution in [2.24, 2.45) is 0 Å². The lowest BCUT2D eigenvalue weighted by Crippen LogP contribution is -2.18. The molecule has 0 aromatic heterocycles. The van der Waals surface area contributed by atoms with E-state index in [0.29, 0.717) is 23.0 Å². The number of hydrogen-bond donors (Lipinski definition) is 2. The molecule has 0 aliphatic carbocycles. The van der Waals surface area contributed by atoms with Crippen LogP contribution in [0.4, 0.5) is 17.1 Å². The van der Waals surface area contributed by atoms with Gasteiger partial charge in [-0.3, -0.25) is 4.79 Å². The lowest BCUT2D eigenvalue weighted by atomic mass is 10.2. The number of amides is 1. The molecular formula is C19H21Cl2N3O. The first-order valence-corrected chi connectivity index (χ1v) is 9.21. The molecule has 1 saturated heterocycles. The van der Waals surface area contributed by atoms with Crippen molar-refractivity contribution in [1.82, 2.24) is 0 Å². The van der Waals surface area contributed by atoms with E-state index in [2.05, 4.69) is 27.7 Å². The van der Waals surface area contributed by atoms with Gasteiger partial charge in [-0.05, 0) is 55.3 Å². The van der Waals surface area contributed by atoms with Crippen LogP contribution in [0.5, 0.6) is 0 Å². The molecule has 2 aromatic rings. The average molecular weight is 378 g/mol. The summed E-state index contributed by atoms with van der Waals surface area (Å²) in [6.07, 6.45) is 2.88. The Morgan fingerprint density at radius 1 is 0.960 bits per heavy atom. The molecule has 1 amide bonds. The van der Waals surface area contributed by atoms with Gasteiger partial charge in [-0.2, -0.15) is 0 Å². The molecule has 0 saturated carbocycles. The first kappa shape index (κ1) is 17.9. The third-order valence-corrected chi connectivity index (χ3v) is 4.96. The summed E-state index contributed by atoms with van der Waals surface area (Å²) in [5.74, 6) is -0.0264. The summed E-state index contributed by atoms with van der Waals surface area (Å²) >= 11 is 11.8. The van der Waals surface area contributed by atoms with Crippen molar-refractivity contribution < 1.29 is 4.79 Å². The zero-order valence-corrected chi connectivity index (χ0v) is 15.4. The molecule has 1 aliphatic heterocycles. The largest absolute Gasteiger partial charge is 0.384 e. The highest BCUT2D eigenvalue weighted by molar-refractivity contribution is 6.42. The summed E-state index contributed by atoms with van der Waals surface area (Å²) < 4.78 is 0. The second-order valence-corrected chi connectivity index (χ2v) is 6.91. The van der Waals surface area contributed by atoms with Gasteiger partial charge in [0.1, 0.15) is 0 Å². The first-order chi connectivity index (χ1) is 12.1. The van der Waals surface area contributed by atoms with E-state index in [4.69, 9.17) is 23.2 Å². The van der Waals surface area contributed by atoms with Crippen molar-refractivity contribution in [3.63, 3.8) is 0 Å². The number of carbonyl (C=O) groups is 1. The minimum atomic E-state index is -0.0264. The molecule has 2 N–H and O–H groups in total. The highest BCUT2D eigenvalue weighted by Crippen LogP contribution is 2.25. The number of anilines is 3. The smallest absolute Gasteiger partial charge is 0.226 e. The quantitative estimate of drug-likeness (QED) is 0.741. The molecule has 3 rings (SSSR count). The molecule has 0 unspecified atom stereocenters. The van der Waals surface area contributed by atoms with Crippen molar-refractivity contribution >= 4 is 46.2 Å². The van der Waals surface area contributed by atoms with Gasteiger partial charge in [-0.25, -0.2) is 0 Å². The van der Waals surface area contributed by atoms with Gasteiger partial charge in [-0.15, -0.1) is 0 Å². The normalized spacial score (nSPS) is 13.8. The fourth-order valence-corrected chi connectivity index (χ4v) is 3.18. The molecule has 132 valence electrons. The second-order valence-electron chi connectivity index (χ2n) is 6.09. The van der Waals surface area contributed by atoms with E-state index in [1.807, 2.05) is 18.2 Å². The van der Waals surface area contributed by atoms with E-state index in [-0.39, 0.29) is 5.91 Å². The SMILES string of the molecule is O=C(CCNc1ccc(Cl)c(Cl)c1)Nc1ccc(N2CCCC2)cc1. The van der Waals surface area contributed by atoms with E-state index >= 15 is 0 Å². The lowest BCUT2D eigenvalue weighted by molar-refractivity contribution is -0.115. The Morgan fingerprint density at radius 2 is 1.64 bits per heavy atom. The fraction of sp³-hybridized carbons (Fsp3) is 0.316. The van der Waals surface area contributed by atoms with Crippen LogP contribution in [0.15, 0.2) is 42.5 Å². The summed E-state index contributed by atoms with van der Waals surface area (Å²) in [6.45, 7) is 2.76. The molecule has 0 atom stereocenters. The summed E-state index contributed by atoms with van der Waals surface area (Å²) in [5.41, 5.74) is 2.89. The molecule has 0 spiro atoms. The molecule has 4 nitrogen and oxygen atoms in total. The van der Waals surface area contributed by atoms with Crippen LogP contribution in [-0.4, -0.2) is 25.5 Å². The molecule has 0 radical (unpaired) electrons. The topological polar surface area (TPSA) is 44.4 Å². The van der Waals surface area contributed by atoms with E-state index in [0.717, 1.165) is 24.5 Å². The van der Waals surface area contributed by atoms with Crippen LogP contribution in [0.1, 0.15) is 19.3 Å². The molecular weight excluding hydrogens is 357 g/mol. The Kier molecular flexibility index (Phi) is 6.05. The van der Waals surface area contributed by atoms with Crippen LogP contribution in [0.25, 0.3) is 0 Å². The van der Waals surface area contributed by atoms with Crippen LogP contribution in [0.2, 0.25) is 10.0 Å². The summed E-state index contributed by atoms with van der Waals surface area (Å²) in [4.78, 5) is 14.4. The minimum Gasteiger partial charge on any atom is -0.384 e. The van der Waals surface area contributed by atoms with E-state index < -0.39 is 0 Å². The van der Waals surface area contributed by atoms with E-state index in [1.54, 1.807) is 12.1 Å². The van der Waals surface area contributed by atoms with Crippen LogP contribution in [0.3, 0.4) is 0 Å². The predicted octanol–water partition coefficient (Wildman–Crippen LogP) is 5.03. The molecule has 1 fully saturated rings. The molecule has 0 bridgehead atoms. The van der Waals surface area contributed by atoms with Gasteiger partial charge < -0.3 is 15.5 Å². The number of carbonyl (C=O) groups excluding carboxylic acids is 1. The van der Waals surface area contributed by atoms with Crippen LogP contribution in [-0.2, 0) is 4.79 Å². The van der Waals surface area contributed by atoms with Gasteiger partial charge in [0.25, 0.3) is 0 Å². The molecule has 2 aromatic carbocycles. The van der Waals surface area contributed by atoms with Crippen LogP contribution in [0, 0.1) is 0 Å². The van der Waals surface area contributed by atoms with Gasteiger partial charge >= 0.3 is 0 Å². The van der Waals surface area contributed by atoms with Gasteiger partial charge in [0.05, 0.1) is 10.0 Å². The number of benzene rings is 2. The number of halogens is 2. The Morgan fingerprint density at radius 3 is 2.32 bits per heavy atom. The van der Waals surface area contributed by atoms with Crippen LogP contribution >= 0.6 is 23.2 Å². The number of rotatable bonds is 6. The highest BCUT2D eigenvalue weighted by atomic mass is 35.5. The monoisotopic (exact) mass is 377 g/mol. The van der Waals surface area contributed by atoms with Crippen molar-refractivity contribution in [3.05, 3.63) is 52.5 Å². The van der Waals surface area contributed by atoms with Crippen molar-refractivity contribution in [2.75, 3.05) is 35.2 Å². The first-order valence-electron chi connectivity index (χ1n) is 8.45. The molecule has 25 heavy (non-hydrogen) atoms. The zero-order chi connectivity index (χ0) is 17.6. The van der Waals surface area contributed by atoms with Gasteiger partial charge in [-0.1, -0.05) is 23.2 Å². The van der Waals surface area contributed by atoms with E-state index in [1.165, 1.54) is 18.5 Å².